The van der Waals surface area contributed by atoms with Crippen molar-refractivity contribution in [2.45, 2.75) is 6.92 Å². The van der Waals surface area contributed by atoms with Crippen LogP contribution in [0.3, 0.4) is 0 Å². The molecular formula is C10H6BrClIN. The van der Waals surface area contributed by atoms with E-state index >= 15 is 0 Å². The van der Waals surface area contributed by atoms with Gasteiger partial charge in [-0.2, -0.15) is 0 Å². The van der Waals surface area contributed by atoms with Crippen LogP contribution in [-0.4, -0.2) is 4.98 Å². The van der Waals surface area contributed by atoms with E-state index in [2.05, 4.69) is 43.5 Å². The van der Waals surface area contributed by atoms with Gasteiger partial charge in [0, 0.05) is 19.6 Å². The van der Waals surface area contributed by atoms with Gasteiger partial charge in [-0.25, -0.2) is 0 Å². The van der Waals surface area contributed by atoms with Crippen molar-refractivity contribution in [2.75, 3.05) is 0 Å². The predicted molar refractivity (Wildman–Crippen MR) is 71.9 cm³/mol. The molecule has 0 bridgehead atoms. The van der Waals surface area contributed by atoms with Gasteiger partial charge in [0.15, 0.2) is 0 Å². The summed E-state index contributed by atoms with van der Waals surface area (Å²) >= 11 is 11.9. The molecule has 0 N–H and O–H groups in total. The van der Waals surface area contributed by atoms with E-state index in [0.29, 0.717) is 0 Å². The van der Waals surface area contributed by atoms with Gasteiger partial charge in [-0.05, 0) is 63.1 Å². The Bertz CT molecular complexity index is 513. The number of pyridine rings is 1. The summed E-state index contributed by atoms with van der Waals surface area (Å²) in [6.45, 7) is 1.96. The number of aryl methyl sites for hydroxylation is 1. The molecule has 0 atom stereocenters. The third kappa shape index (κ3) is 1.77. The summed E-state index contributed by atoms with van der Waals surface area (Å²) in [5, 5.41) is 1.78. The third-order valence-electron chi connectivity index (χ3n) is 2.02. The third-order valence-corrected chi connectivity index (χ3v) is 4.81. The van der Waals surface area contributed by atoms with Gasteiger partial charge in [-0.1, -0.05) is 11.6 Å². The first-order valence-electron chi connectivity index (χ1n) is 3.99. The van der Waals surface area contributed by atoms with Crippen LogP contribution in [0.25, 0.3) is 10.9 Å². The van der Waals surface area contributed by atoms with E-state index in [4.69, 9.17) is 11.6 Å². The molecule has 14 heavy (non-hydrogen) atoms. The topological polar surface area (TPSA) is 12.9 Å². The van der Waals surface area contributed by atoms with Crippen LogP contribution in [0.2, 0.25) is 5.02 Å². The zero-order chi connectivity index (χ0) is 10.3. The Hall–Kier alpha value is 0.130. The van der Waals surface area contributed by atoms with Crippen molar-refractivity contribution in [1.82, 2.24) is 4.98 Å². The minimum Gasteiger partial charge on any atom is -0.256 e. The zero-order valence-corrected chi connectivity index (χ0v) is 11.8. The molecule has 0 amide bonds. The molecule has 2 aromatic rings. The molecule has 1 aromatic carbocycles. The molecule has 0 radical (unpaired) electrons. The van der Waals surface area contributed by atoms with Gasteiger partial charge in [0.25, 0.3) is 0 Å². The minimum atomic E-state index is 0.784. The monoisotopic (exact) mass is 381 g/mol. The maximum atomic E-state index is 6.19. The van der Waals surface area contributed by atoms with E-state index in [-0.39, 0.29) is 0 Å². The highest BCUT2D eigenvalue weighted by molar-refractivity contribution is 14.1. The summed E-state index contributed by atoms with van der Waals surface area (Å²) < 4.78 is 2.20. The molecule has 0 saturated heterocycles. The summed E-state index contributed by atoms with van der Waals surface area (Å²) in [6, 6.07) is 4.03. The van der Waals surface area contributed by atoms with E-state index in [1.807, 2.05) is 19.1 Å². The number of rotatable bonds is 0. The molecule has 4 heteroatoms. The molecule has 2 rings (SSSR count). The lowest BCUT2D eigenvalue weighted by molar-refractivity contribution is 1.33. The van der Waals surface area contributed by atoms with Crippen LogP contribution in [-0.2, 0) is 0 Å². The van der Waals surface area contributed by atoms with E-state index in [9.17, 15) is 0 Å². The summed E-state index contributed by atoms with van der Waals surface area (Å²) in [7, 11) is 0. The number of fused-ring (bicyclic) bond motifs is 1. The van der Waals surface area contributed by atoms with Crippen LogP contribution in [0.1, 0.15) is 5.56 Å². The highest BCUT2D eigenvalue weighted by Crippen LogP contribution is 2.30. The average Bonchev–Trinajstić information content (AvgIpc) is 2.15. The Morgan fingerprint density at radius 3 is 2.86 bits per heavy atom. The Morgan fingerprint density at radius 1 is 1.43 bits per heavy atom. The Labute approximate surface area is 109 Å². The second kappa shape index (κ2) is 3.94. The Balaban J connectivity index is 2.89. The van der Waals surface area contributed by atoms with E-state index in [0.717, 1.165) is 29.5 Å². The molecule has 0 unspecified atom stereocenters. The summed E-state index contributed by atoms with van der Waals surface area (Å²) in [4.78, 5) is 4.33. The van der Waals surface area contributed by atoms with Crippen molar-refractivity contribution < 1.29 is 0 Å². The van der Waals surface area contributed by atoms with Gasteiger partial charge in [-0.15, -0.1) is 0 Å². The van der Waals surface area contributed by atoms with E-state index < -0.39 is 0 Å². The first kappa shape index (κ1) is 10.6. The van der Waals surface area contributed by atoms with Crippen molar-refractivity contribution in [3.05, 3.63) is 37.0 Å². The average molecular weight is 382 g/mol. The quantitative estimate of drug-likeness (QED) is 0.609. The van der Waals surface area contributed by atoms with Crippen molar-refractivity contribution in [3.8, 4) is 0 Å². The Kier molecular flexibility index (Phi) is 3.00. The maximum absolute atomic E-state index is 6.19. The first-order chi connectivity index (χ1) is 6.59. The largest absolute Gasteiger partial charge is 0.256 e. The highest BCUT2D eigenvalue weighted by Gasteiger charge is 2.06. The number of hydrogen-bond acceptors (Lipinski definition) is 1. The molecule has 0 aliphatic heterocycles. The van der Waals surface area contributed by atoms with Gasteiger partial charge in [-0.3, -0.25) is 4.98 Å². The van der Waals surface area contributed by atoms with E-state index in [1.165, 1.54) is 0 Å². The van der Waals surface area contributed by atoms with Crippen LogP contribution in [0.4, 0.5) is 0 Å². The second-order valence-electron chi connectivity index (χ2n) is 3.04. The SMILES string of the molecule is Cc1cnc2cc(I)c(Br)cc2c1Cl. The molecule has 1 nitrogen and oxygen atoms in total. The lowest BCUT2D eigenvalue weighted by Gasteiger charge is -2.04. The van der Waals surface area contributed by atoms with Gasteiger partial charge in [0.05, 0.1) is 10.5 Å². The highest BCUT2D eigenvalue weighted by atomic mass is 127. The molecule has 0 aliphatic rings. The van der Waals surface area contributed by atoms with Gasteiger partial charge in [0.2, 0.25) is 0 Å². The molecule has 1 aromatic heterocycles. The van der Waals surface area contributed by atoms with Crippen LogP contribution in [0, 0.1) is 10.5 Å². The first-order valence-corrected chi connectivity index (χ1v) is 6.24. The smallest absolute Gasteiger partial charge is 0.0728 e. The maximum Gasteiger partial charge on any atom is 0.0728 e. The fourth-order valence-corrected chi connectivity index (χ4v) is 2.25. The fraction of sp³-hybridized carbons (Fsp3) is 0.100. The number of halogens is 3. The number of hydrogen-bond donors (Lipinski definition) is 0. The van der Waals surface area contributed by atoms with Gasteiger partial charge >= 0.3 is 0 Å². The van der Waals surface area contributed by atoms with Crippen LogP contribution >= 0.6 is 50.1 Å². The van der Waals surface area contributed by atoms with Crippen molar-refractivity contribution in [1.29, 1.82) is 0 Å². The lowest BCUT2D eigenvalue weighted by atomic mass is 10.2. The second-order valence-corrected chi connectivity index (χ2v) is 5.43. The zero-order valence-electron chi connectivity index (χ0n) is 7.31. The molecule has 0 fully saturated rings. The molecule has 0 spiro atoms. The molecule has 1 heterocycles. The number of aromatic nitrogens is 1. The minimum absolute atomic E-state index is 0.784. The summed E-state index contributed by atoms with van der Waals surface area (Å²) in [6.07, 6.45) is 1.80. The fourth-order valence-electron chi connectivity index (χ4n) is 1.25. The van der Waals surface area contributed by atoms with E-state index in [1.54, 1.807) is 6.20 Å². The van der Waals surface area contributed by atoms with Crippen LogP contribution < -0.4 is 0 Å². The van der Waals surface area contributed by atoms with Crippen molar-refractivity contribution in [2.24, 2.45) is 0 Å². The normalized spacial score (nSPS) is 10.9. The molecular weight excluding hydrogens is 376 g/mol. The number of nitrogens with zero attached hydrogens (tertiary/aromatic N) is 1. The molecule has 0 saturated carbocycles. The molecule has 72 valence electrons. The summed E-state index contributed by atoms with van der Waals surface area (Å²) in [5.41, 5.74) is 1.94. The predicted octanol–water partition coefficient (Wildman–Crippen LogP) is 4.56. The summed E-state index contributed by atoms with van der Waals surface area (Å²) in [5.74, 6) is 0. The van der Waals surface area contributed by atoms with Gasteiger partial charge in [0.1, 0.15) is 0 Å². The van der Waals surface area contributed by atoms with Crippen LogP contribution in [0.5, 0.6) is 0 Å². The van der Waals surface area contributed by atoms with Crippen LogP contribution in [0.15, 0.2) is 22.8 Å². The number of benzene rings is 1. The van der Waals surface area contributed by atoms with Crippen molar-refractivity contribution in [3.63, 3.8) is 0 Å². The Morgan fingerprint density at radius 2 is 2.14 bits per heavy atom. The lowest BCUT2D eigenvalue weighted by Crippen LogP contribution is -1.86. The molecule has 0 aliphatic carbocycles. The van der Waals surface area contributed by atoms with Crippen molar-refractivity contribution >= 4 is 61.0 Å². The van der Waals surface area contributed by atoms with Gasteiger partial charge < -0.3 is 0 Å². The standard InChI is InChI=1S/C10H6BrClIN/c1-5-4-14-9-3-8(13)7(11)2-6(9)10(5)12/h2-4H,1H3.